The monoisotopic (exact) mass is 350 g/mol. The van der Waals surface area contributed by atoms with E-state index >= 15 is 0 Å². The highest BCUT2D eigenvalue weighted by atomic mass is 16.5. The van der Waals surface area contributed by atoms with Gasteiger partial charge in [-0.3, -0.25) is 4.79 Å². The maximum absolute atomic E-state index is 13.3. The number of carbonyl (C=O) groups is 1. The summed E-state index contributed by atoms with van der Waals surface area (Å²) in [6.07, 6.45) is 0. The van der Waals surface area contributed by atoms with Crippen LogP contribution in [0.5, 0.6) is 0 Å². The Labute approximate surface area is 152 Å². The molecule has 1 aliphatic rings. The Morgan fingerprint density at radius 1 is 1.27 bits per heavy atom. The van der Waals surface area contributed by atoms with E-state index in [1.807, 2.05) is 49.1 Å². The van der Waals surface area contributed by atoms with Crippen LogP contribution in [0.25, 0.3) is 22.4 Å². The lowest BCUT2D eigenvalue weighted by atomic mass is 10.0. The fourth-order valence-corrected chi connectivity index (χ4v) is 3.43. The summed E-state index contributed by atoms with van der Waals surface area (Å²) in [5, 5.41) is 8.06. The first kappa shape index (κ1) is 16.7. The third-order valence-corrected chi connectivity index (χ3v) is 4.96. The van der Waals surface area contributed by atoms with Gasteiger partial charge in [0, 0.05) is 31.2 Å². The molecule has 0 bridgehead atoms. The van der Waals surface area contributed by atoms with E-state index in [4.69, 9.17) is 4.52 Å². The molecule has 3 aromatic rings. The number of aromatic nitrogens is 2. The summed E-state index contributed by atoms with van der Waals surface area (Å²) in [7, 11) is 0. The molecule has 3 heterocycles. The average Bonchev–Trinajstić information content (AvgIpc) is 3.02. The smallest absolute Gasteiger partial charge is 0.259 e. The molecule has 2 aromatic heterocycles. The number of hydrogen-bond acceptors (Lipinski definition) is 5. The van der Waals surface area contributed by atoms with Gasteiger partial charge < -0.3 is 14.7 Å². The van der Waals surface area contributed by atoms with Gasteiger partial charge in [-0.1, -0.05) is 35.0 Å². The molecule has 134 valence electrons. The molecule has 6 nitrogen and oxygen atoms in total. The van der Waals surface area contributed by atoms with Gasteiger partial charge in [0.2, 0.25) is 0 Å². The van der Waals surface area contributed by atoms with Crippen molar-refractivity contribution in [1.29, 1.82) is 0 Å². The lowest BCUT2D eigenvalue weighted by molar-refractivity contribution is 0.0657. The third-order valence-electron chi connectivity index (χ3n) is 4.96. The number of aryl methyl sites for hydroxylation is 2. The van der Waals surface area contributed by atoms with E-state index in [0.717, 1.165) is 24.3 Å². The van der Waals surface area contributed by atoms with Crippen molar-refractivity contribution in [2.75, 3.05) is 19.6 Å². The quantitative estimate of drug-likeness (QED) is 0.769. The molecule has 0 unspecified atom stereocenters. The molecule has 1 atom stereocenters. The number of rotatable bonds is 2. The van der Waals surface area contributed by atoms with Gasteiger partial charge in [0.15, 0.2) is 0 Å². The van der Waals surface area contributed by atoms with E-state index in [2.05, 4.69) is 22.4 Å². The highest BCUT2D eigenvalue weighted by molar-refractivity contribution is 6.07. The number of pyridine rings is 1. The van der Waals surface area contributed by atoms with Crippen molar-refractivity contribution in [2.24, 2.45) is 0 Å². The highest BCUT2D eigenvalue weighted by Gasteiger charge is 2.28. The molecule has 26 heavy (non-hydrogen) atoms. The van der Waals surface area contributed by atoms with Crippen LogP contribution in [0, 0.1) is 13.8 Å². The minimum atomic E-state index is 0.00561. The summed E-state index contributed by atoms with van der Waals surface area (Å²) in [6, 6.07) is 10.1. The third kappa shape index (κ3) is 2.86. The molecule has 0 saturated carbocycles. The highest BCUT2D eigenvalue weighted by Crippen LogP contribution is 2.28. The molecule has 1 aliphatic heterocycles. The number of amides is 1. The zero-order valence-electron chi connectivity index (χ0n) is 15.2. The molecule has 1 saturated heterocycles. The van der Waals surface area contributed by atoms with Crippen molar-refractivity contribution in [3.05, 3.63) is 47.2 Å². The molecule has 1 amide bonds. The van der Waals surface area contributed by atoms with Crippen LogP contribution in [-0.2, 0) is 0 Å². The molecular formula is C20H22N4O2. The van der Waals surface area contributed by atoms with Gasteiger partial charge in [0.25, 0.3) is 11.6 Å². The van der Waals surface area contributed by atoms with Crippen LogP contribution < -0.4 is 5.32 Å². The molecular weight excluding hydrogens is 328 g/mol. The standard InChI is InChI=1S/C20H22N4O2/c1-12-4-6-15(7-5-12)17-10-16(18-14(3)23-26-19(18)22-17)20(25)24-9-8-21-11-13(24)2/h4-7,10,13,21H,8-9,11H2,1-3H3/t13-/m1/s1. The van der Waals surface area contributed by atoms with Crippen molar-refractivity contribution in [2.45, 2.75) is 26.8 Å². The SMILES string of the molecule is Cc1ccc(-c2cc(C(=O)N3CCNC[C@H]3C)c3c(C)noc3n2)cc1. The van der Waals surface area contributed by atoms with Crippen LogP contribution in [0.4, 0.5) is 0 Å². The predicted molar refractivity (Wildman–Crippen MR) is 100 cm³/mol. The number of nitrogens with zero attached hydrogens (tertiary/aromatic N) is 3. The molecule has 0 spiro atoms. The van der Waals surface area contributed by atoms with Gasteiger partial charge in [0.1, 0.15) is 0 Å². The maximum Gasteiger partial charge on any atom is 0.259 e. The Morgan fingerprint density at radius 3 is 2.77 bits per heavy atom. The van der Waals surface area contributed by atoms with Gasteiger partial charge in [-0.15, -0.1) is 0 Å². The fraction of sp³-hybridized carbons (Fsp3) is 0.350. The Morgan fingerprint density at radius 2 is 2.04 bits per heavy atom. The molecule has 6 heteroatoms. The second-order valence-electron chi connectivity index (χ2n) is 6.92. The van der Waals surface area contributed by atoms with Gasteiger partial charge in [-0.2, -0.15) is 0 Å². The summed E-state index contributed by atoms with van der Waals surface area (Å²) in [5.74, 6) is 0.00561. The topological polar surface area (TPSA) is 71.3 Å². The number of carbonyl (C=O) groups excluding carboxylic acids is 1. The number of hydrogen-bond donors (Lipinski definition) is 1. The molecule has 1 fully saturated rings. The first-order chi connectivity index (χ1) is 12.5. The van der Waals surface area contributed by atoms with Gasteiger partial charge in [-0.05, 0) is 26.8 Å². The summed E-state index contributed by atoms with van der Waals surface area (Å²) in [6.45, 7) is 8.24. The Hall–Kier alpha value is -2.73. The van der Waals surface area contributed by atoms with Crippen molar-refractivity contribution in [3.8, 4) is 11.3 Å². The van der Waals surface area contributed by atoms with E-state index < -0.39 is 0 Å². The first-order valence-corrected chi connectivity index (χ1v) is 8.90. The van der Waals surface area contributed by atoms with Crippen molar-refractivity contribution in [3.63, 3.8) is 0 Å². The molecule has 4 rings (SSSR count). The summed E-state index contributed by atoms with van der Waals surface area (Å²) < 4.78 is 5.40. The summed E-state index contributed by atoms with van der Waals surface area (Å²) in [5.41, 5.74) is 4.56. The molecule has 1 N–H and O–H groups in total. The normalized spacial score (nSPS) is 17.7. The van der Waals surface area contributed by atoms with Crippen molar-refractivity contribution < 1.29 is 9.32 Å². The van der Waals surface area contributed by atoms with E-state index in [0.29, 0.717) is 28.9 Å². The lowest BCUT2D eigenvalue weighted by Crippen LogP contribution is -2.52. The minimum absolute atomic E-state index is 0.00561. The second kappa shape index (κ2) is 6.53. The zero-order valence-corrected chi connectivity index (χ0v) is 15.2. The van der Waals surface area contributed by atoms with Crippen LogP contribution in [0.2, 0.25) is 0 Å². The summed E-state index contributed by atoms with van der Waals surface area (Å²) >= 11 is 0. The Bertz CT molecular complexity index is 962. The average molecular weight is 350 g/mol. The van der Waals surface area contributed by atoms with E-state index in [1.165, 1.54) is 5.56 Å². The van der Waals surface area contributed by atoms with Crippen LogP contribution in [0.1, 0.15) is 28.5 Å². The van der Waals surface area contributed by atoms with Crippen molar-refractivity contribution >= 4 is 17.0 Å². The van der Waals surface area contributed by atoms with Crippen molar-refractivity contribution in [1.82, 2.24) is 20.4 Å². The molecule has 1 aromatic carbocycles. The minimum Gasteiger partial charge on any atom is -0.335 e. The second-order valence-corrected chi connectivity index (χ2v) is 6.92. The van der Waals surface area contributed by atoms with Crippen LogP contribution in [-0.4, -0.2) is 46.6 Å². The van der Waals surface area contributed by atoms with Gasteiger partial charge >= 0.3 is 0 Å². The number of nitrogens with one attached hydrogen (secondary N) is 1. The Balaban J connectivity index is 1.85. The lowest BCUT2D eigenvalue weighted by Gasteiger charge is -2.34. The van der Waals surface area contributed by atoms with Crippen LogP contribution in [0.3, 0.4) is 0 Å². The number of piperazine rings is 1. The maximum atomic E-state index is 13.3. The number of benzene rings is 1. The Kier molecular flexibility index (Phi) is 4.20. The van der Waals surface area contributed by atoms with Crippen LogP contribution in [0.15, 0.2) is 34.9 Å². The predicted octanol–water partition coefficient (Wildman–Crippen LogP) is 2.94. The first-order valence-electron chi connectivity index (χ1n) is 8.90. The van der Waals surface area contributed by atoms with Gasteiger partial charge in [0.05, 0.1) is 22.3 Å². The van der Waals surface area contributed by atoms with E-state index in [-0.39, 0.29) is 11.9 Å². The van der Waals surface area contributed by atoms with E-state index in [9.17, 15) is 4.79 Å². The number of fused-ring (bicyclic) bond motifs is 1. The largest absolute Gasteiger partial charge is 0.335 e. The van der Waals surface area contributed by atoms with Crippen LogP contribution >= 0.6 is 0 Å². The zero-order chi connectivity index (χ0) is 18.3. The summed E-state index contributed by atoms with van der Waals surface area (Å²) in [4.78, 5) is 19.8. The van der Waals surface area contributed by atoms with Gasteiger partial charge in [-0.25, -0.2) is 4.98 Å². The molecule has 0 aliphatic carbocycles. The molecule has 0 radical (unpaired) electrons. The fourth-order valence-electron chi connectivity index (χ4n) is 3.43. The van der Waals surface area contributed by atoms with E-state index in [1.54, 1.807) is 0 Å².